The van der Waals surface area contributed by atoms with Crippen molar-refractivity contribution >= 4 is 38.7 Å². The van der Waals surface area contributed by atoms with E-state index in [1.807, 2.05) is 18.2 Å². The van der Waals surface area contributed by atoms with Crippen molar-refractivity contribution in [2.24, 2.45) is 0 Å². The molecule has 0 saturated carbocycles. The monoisotopic (exact) mass is 471 g/mol. The number of methoxy groups -OCH3 is 2. The van der Waals surface area contributed by atoms with Gasteiger partial charge in [0.2, 0.25) is 0 Å². The zero-order chi connectivity index (χ0) is 23.0. The molecule has 0 aliphatic heterocycles. The Bertz CT molecular complexity index is 1170. The van der Waals surface area contributed by atoms with Crippen LogP contribution in [0.3, 0.4) is 0 Å². The number of benzene rings is 3. The number of ether oxygens (including phenoxy) is 2. The van der Waals surface area contributed by atoms with E-state index in [1.54, 1.807) is 30.3 Å². The minimum Gasteiger partial charge on any atom is -0.495 e. The van der Waals surface area contributed by atoms with Crippen LogP contribution in [-0.4, -0.2) is 34.3 Å². The molecule has 0 atom stereocenters. The quantitative estimate of drug-likeness (QED) is 0.406. The molecule has 9 heteroatoms. The highest BCUT2D eigenvalue weighted by atomic mass is 32.2. The van der Waals surface area contributed by atoms with Crippen LogP contribution in [0.2, 0.25) is 0 Å². The second kappa shape index (κ2) is 10.8. The van der Waals surface area contributed by atoms with Gasteiger partial charge in [-0.1, -0.05) is 42.5 Å². The van der Waals surface area contributed by atoms with Gasteiger partial charge in [0.25, 0.3) is 10.0 Å². The number of anilines is 2. The van der Waals surface area contributed by atoms with Crippen molar-refractivity contribution in [2.45, 2.75) is 11.3 Å². The van der Waals surface area contributed by atoms with E-state index in [0.29, 0.717) is 34.5 Å². The van der Waals surface area contributed by atoms with Crippen molar-refractivity contribution in [1.29, 1.82) is 0 Å². The lowest BCUT2D eigenvalue weighted by Gasteiger charge is -2.16. The molecule has 32 heavy (non-hydrogen) atoms. The maximum Gasteiger partial charge on any atom is 0.262 e. The molecule has 0 fully saturated rings. The average molecular weight is 472 g/mol. The predicted octanol–water partition coefficient (Wildman–Crippen LogP) is 4.03. The molecule has 3 aromatic rings. The number of nitrogens with one attached hydrogen (secondary N) is 3. The fourth-order valence-corrected chi connectivity index (χ4v) is 4.30. The fraction of sp³-hybridized carbons (Fsp3) is 0.174. The first-order valence-corrected chi connectivity index (χ1v) is 11.7. The van der Waals surface area contributed by atoms with Crippen molar-refractivity contribution in [3.63, 3.8) is 0 Å². The summed E-state index contributed by atoms with van der Waals surface area (Å²) in [5.41, 5.74) is 2.11. The van der Waals surface area contributed by atoms with E-state index >= 15 is 0 Å². The Balaban J connectivity index is 1.67. The molecule has 0 heterocycles. The Morgan fingerprint density at radius 3 is 2.28 bits per heavy atom. The van der Waals surface area contributed by atoms with Crippen molar-refractivity contribution in [3.8, 4) is 11.5 Å². The highest BCUT2D eigenvalue weighted by Gasteiger charge is 2.19. The molecule has 3 N–H and O–H groups in total. The third kappa shape index (κ3) is 6.12. The molecular weight excluding hydrogens is 446 g/mol. The summed E-state index contributed by atoms with van der Waals surface area (Å²) in [7, 11) is -0.907. The predicted molar refractivity (Wildman–Crippen MR) is 131 cm³/mol. The summed E-state index contributed by atoms with van der Waals surface area (Å²) in [6.45, 7) is 0.660. The SMILES string of the molecule is COc1cc(S(=O)(=O)Nc2ccccc2OC)ccc1NC(=S)NCCc1ccccc1. The highest BCUT2D eigenvalue weighted by Crippen LogP contribution is 2.30. The average Bonchev–Trinajstić information content (AvgIpc) is 2.80. The Morgan fingerprint density at radius 2 is 1.56 bits per heavy atom. The number of hydrogen-bond donors (Lipinski definition) is 3. The maximum atomic E-state index is 12.9. The lowest BCUT2D eigenvalue weighted by molar-refractivity contribution is 0.415. The van der Waals surface area contributed by atoms with Crippen molar-refractivity contribution in [2.75, 3.05) is 30.8 Å². The first-order valence-electron chi connectivity index (χ1n) is 9.85. The molecular formula is C23H25N3O4S2. The summed E-state index contributed by atoms with van der Waals surface area (Å²) < 4.78 is 38.9. The zero-order valence-corrected chi connectivity index (χ0v) is 19.4. The molecule has 7 nitrogen and oxygen atoms in total. The number of sulfonamides is 1. The highest BCUT2D eigenvalue weighted by molar-refractivity contribution is 7.92. The second-order valence-electron chi connectivity index (χ2n) is 6.78. The lowest BCUT2D eigenvalue weighted by Crippen LogP contribution is -2.30. The molecule has 168 valence electrons. The molecule has 3 aromatic carbocycles. The van der Waals surface area contributed by atoms with Gasteiger partial charge in [0.1, 0.15) is 11.5 Å². The van der Waals surface area contributed by atoms with E-state index in [1.165, 1.54) is 31.9 Å². The number of rotatable bonds is 9. The van der Waals surface area contributed by atoms with E-state index in [-0.39, 0.29) is 4.90 Å². The third-order valence-corrected chi connectivity index (χ3v) is 6.23. The number of para-hydroxylation sites is 2. The molecule has 3 rings (SSSR count). The van der Waals surface area contributed by atoms with E-state index in [9.17, 15) is 8.42 Å². The van der Waals surface area contributed by atoms with Crippen molar-refractivity contribution in [3.05, 3.63) is 78.4 Å². The van der Waals surface area contributed by atoms with Crippen LogP contribution >= 0.6 is 12.2 Å². The summed E-state index contributed by atoms with van der Waals surface area (Å²) in [4.78, 5) is 0.0498. The van der Waals surface area contributed by atoms with Gasteiger partial charge in [0.05, 0.1) is 30.5 Å². The molecule has 0 saturated heterocycles. The zero-order valence-electron chi connectivity index (χ0n) is 17.8. The third-order valence-electron chi connectivity index (χ3n) is 4.62. The van der Waals surface area contributed by atoms with Crippen LogP contribution in [0, 0.1) is 0 Å². The Morgan fingerprint density at radius 1 is 0.875 bits per heavy atom. The van der Waals surface area contributed by atoms with Crippen LogP contribution in [-0.2, 0) is 16.4 Å². The molecule has 0 aliphatic rings. The summed E-state index contributed by atoms with van der Waals surface area (Å²) in [5.74, 6) is 0.772. The lowest BCUT2D eigenvalue weighted by atomic mass is 10.1. The van der Waals surface area contributed by atoms with E-state index in [2.05, 4.69) is 27.5 Å². The summed E-state index contributed by atoms with van der Waals surface area (Å²) in [5, 5.41) is 6.61. The number of thiocarbonyl (C=S) groups is 1. The minimum atomic E-state index is -3.85. The summed E-state index contributed by atoms with van der Waals surface area (Å²) >= 11 is 5.36. The van der Waals surface area contributed by atoms with Gasteiger partial charge in [-0.2, -0.15) is 0 Å². The minimum absolute atomic E-state index is 0.0498. The van der Waals surface area contributed by atoms with Crippen LogP contribution in [0.15, 0.2) is 77.7 Å². The van der Waals surface area contributed by atoms with Gasteiger partial charge >= 0.3 is 0 Å². The first kappa shape index (κ1) is 23.4. The van der Waals surface area contributed by atoms with Gasteiger partial charge in [0.15, 0.2) is 5.11 Å². The molecule has 0 aliphatic carbocycles. The van der Waals surface area contributed by atoms with Crippen molar-refractivity contribution < 1.29 is 17.9 Å². The maximum absolute atomic E-state index is 12.9. The standard InChI is InChI=1S/C23H25N3O4S2/c1-29-21-11-7-6-10-20(21)26-32(27,28)18-12-13-19(22(16-18)30-2)25-23(31)24-15-14-17-8-4-3-5-9-17/h3-13,16,26H,14-15H2,1-2H3,(H2,24,25,31). The first-order chi connectivity index (χ1) is 15.4. The largest absolute Gasteiger partial charge is 0.495 e. The molecule has 0 radical (unpaired) electrons. The molecule has 0 unspecified atom stereocenters. The van der Waals surface area contributed by atoms with E-state index < -0.39 is 10.0 Å². The fourth-order valence-electron chi connectivity index (χ4n) is 3.01. The van der Waals surface area contributed by atoms with Crippen LogP contribution in [0.5, 0.6) is 11.5 Å². The van der Waals surface area contributed by atoms with Gasteiger partial charge in [-0.05, 0) is 48.5 Å². The molecule has 0 bridgehead atoms. The van der Waals surface area contributed by atoms with Gasteiger partial charge < -0.3 is 20.1 Å². The molecule has 0 spiro atoms. The Labute approximate surface area is 193 Å². The smallest absolute Gasteiger partial charge is 0.262 e. The van der Waals surface area contributed by atoms with Crippen LogP contribution in [0.4, 0.5) is 11.4 Å². The topological polar surface area (TPSA) is 88.7 Å². The van der Waals surface area contributed by atoms with Gasteiger partial charge in [0, 0.05) is 12.6 Å². The van der Waals surface area contributed by atoms with Crippen LogP contribution in [0.25, 0.3) is 0 Å². The Kier molecular flexibility index (Phi) is 7.91. The Hall–Kier alpha value is -3.30. The van der Waals surface area contributed by atoms with Crippen molar-refractivity contribution in [1.82, 2.24) is 5.32 Å². The summed E-state index contributed by atoms with van der Waals surface area (Å²) in [6.07, 6.45) is 0.825. The number of hydrogen-bond acceptors (Lipinski definition) is 5. The van der Waals surface area contributed by atoms with E-state index in [0.717, 1.165) is 6.42 Å². The summed E-state index contributed by atoms with van der Waals surface area (Å²) in [6, 6.07) is 21.4. The van der Waals surface area contributed by atoms with Gasteiger partial charge in [-0.25, -0.2) is 8.42 Å². The second-order valence-corrected chi connectivity index (χ2v) is 8.88. The van der Waals surface area contributed by atoms with Gasteiger partial charge in [-0.15, -0.1) is 0 Å². The molecule has 0 aromatic heterocycles. The van der Waals surface area contributed by atoms with Crippen LogP contribution in [0.1, 0.15) is 5.56 Å². The van der Waals surface area contributed by atoms with Gasteiger partial charge in [-0.3, -0.25) is 4.72 Å². The molecule has 0 amide bonds. The van der Waals surface area contributed by atoms with Crippen LogP contribution < -0.4 is 24.8 Å². The normalized spacial score (nSPS) is 10.8. The van der Waals surface area contributed by atoms with E-state index in [4.69, 9.17) is 21.7 Å².